The highest BCUT2D eigenvalue weighted by Gasteiger charge is 2.29. The van der Waals surface area contributed by atoms with Gasteiger partial charge in [0.15, 0.2) is 0 Å². The average Bonchev–Trinajstić information content (AvgIpc) is 3.34. The topological polar surface area (TPSA) is 71.3 Å². The van der Waals surface area contributed by atoms with E-state index >= 15 is 0 Å². The standard InChI is InChI=1S/C20H26N4O2/c1-14-6-8-16(9-7-14)19-22-23-20(26-19)24-12-10-15(11-13-24)18(25)21-17-4-2-3-5-17/h6-9,15,17H,2-5,10-13H2,1H3,(H,21,25). The van der Waals surface area contributed by atoms with Crippen LogP contribution in [0.2, 0.25) is 0 Å². The van der Waals surface area contributed by atoms with Crippen molar-refractivity contribution in [1.82, 2.24) is 15.5 Å². The summed E-state index contributed by atoms with van der Waals surface area (Å²) in [6.07, 6.45) is 6.41. The normalized spacial score (nSPS) is 19.0. The van der Waals surface area contributed by atoms with E-state index in [1.54, 1.807) is 0 Å². The number of aromatic nitrogens is 2. The summed E-state index contributed by atoms with van der Waals surface area (Å²) in [4.78, 5) is 14.5. The second-order valence-corrected chi connectivity index (χ2v) is 7.51. The van der Waals surface area contributed by atoms with Crippen LogP contribution < -0.4 is 10.2 Å². The number of hydrogen-bond acceptors (Lipinski definition) is 5. The van der Waals surface area contributed by atoms with Gasteiger partial charge >= 0.3 is 6.01 Å². The number of hydrogen-bond donors (Lipinski definition) is 1. The van der Waals surface area contributed by atoms with Crippen molar-refractivity contribution < 1.29 is 9.21 Å². The number of amides is 1. The summed E-state index contributed by atoms with van der Waals surface area (Å²) in [5.41, 5.74) is 2.13. The van der Waals surface area contributed by atoms with Crippen LogP contribution in [0, 0.1) is 12.8 Å². The van der Waals surface area contributed by atoms with Crippen LogP contribution in [0.5, 0.6) is 0 Å². The Morgan fingerprint density at radius 2 is 1.77 bits per heavy atom. The van der Waals surface area contributed by atoms with Crippen molar-refractivity contribution >= 4 is 11.9 Å². The summed E-state index contributed by atoms with van der Waals surface area (Å²) in [5, 5.41) is 11.6. The van der Waals surface area contributed by atoms with E-state index in [0.29, 0.717) is 17.9 Å². The molecule has 1 saturated carbocycles. The molecule has 2 aromatic rings. The van der Waals surface area contributed by atoms with Gasteiger partial charge in [0, 0.05) is 30.6 Å². The third-order valence-corrected chi connectivity index (χ3v) is 5.55. The molecular formula is C20H26N4O2. The molecule has 1 aliphatic carbocycles. The molecule has 1 amide bonds. The van der Waals surface area contributed by atoms with E-state index in [0.717, 1.165) is 44.3 Å². The molecule has 26 heavy (non-hydrogen) atoms. The van der Waals surface area contributed by atoms with Gasteiger partial charge in [-0.2, -0.15) is 0 Å². The minimum Gasteiger partial charge on any atom is -0.403 e. The van der Waals surface area contributed by atoms with E-state index < -0.39 is 0 Å². The van der Waals surface area contributed by atoms with Crippen molar-refractivity contribution in [2.24, 2.45) is 5.92 Å². The Morgan fingerprint density at radius 3 is 2.46 bits per heavy atom. The van der Waals surface area contributed by atoms with Crippen molar-refractivity contribution in [3.8, 4) is 11.5 Å². The quantitative estimate of drug-likeness (QED) is 0.912. The van der Waals surface area contributed by atoms with Gasteiger partial charge in [-0.25, -0.2) is 0 Å². The van der Waals surface area contributed by atoms with Crippen molar-refractivity contribution in [2.45, 2.75) is 51.5 Å². The Morgan fingerprint density at radius 1 is 1.08 bits per heavy atom. The minimum atomic E-state index is 0.103. The van der Waals surface area contributed by atoms with Crippen molar-refractivity contribution in [3.63, 3.8) is 0 Å². The summed E-state index contributed by atoms with van der Waals surface area (Å²) in [5.74, 6) is 0.870. The fraction of sp³-hybridized carbons (Fsp3) is 0.550. The van der Waals surface area contributed by atoms with Crippen LogP contribution in [-0.4, -0.2) is 35.2 Å². The molecule has 2 aliphatic rings. The number of nitrogens with one attached hydrogen (secondary N) is 1. The van der Waals surface area contributed by atoms with E-state index in [-0.39, 0.29) is 11.8 Å². The zero-order valence-electron chi connectivity index (χ0n) is 15.3. The number of piperidine rings is 1. The van der Waals surface area contributed by atoms with E-state index in [1.807, 2.05) is 24.3 Å². The Kier molecular flexibility index (Phi) is 4.91. The molecule has 2 fully saturated rings. The lowest BCUT2D eigenvalue weighted by molar-refractivity contribution is -0.126. The fourth-order valence-corrected chi connectivity index (χ4v) is 3.88. The van der Waals surface area contributed by atoms with Gasteiger partial charge < -0.3 is 14.6 Å². The molecule has 0 atom stereocenters. The summed E-state index contributed by atoms with van der Waals surface area (Å²) in [7, 11) is 0. The SMILES string of the molecule is Cc1ccc(-c2nnc(N3CCC(C(=O)NC4CCCC4)CC3)o2)cc1. The molecule has 0 spiro atoms. The summed E-state index contributed by atoms with van der Waals surface area (Å²) >= 11 is 0. The fourth-order valence-electron chi connectivity index (χ4n) is 3.88. The molecule has 1 aromatic carbocycles. The van der Waals surface area contributed by atoms with E-state index in [1.165, 1.54) is 18.4 Å². The van der Waals surface area contributed by atoms with Gasteiger partial charge in [0.2, 0.25) is 11.8 Å². The number of aryl methyl sites for hydroxylation is 1. The Balaban J connectivity index is 1.33. The molecule has 4 rings (SSSR count). The number of anilines is 1. The number of carbonyl (C=O) groups excluding carboxylic acids is 1. The first kappa shape index (κ1) is 17.1. The average molecular weight is 354 g/mol. The van der Waals surface area contributed by atoms with E-state index in [4.69, 9.17) is 4.42 Å². The van der Waals surface area contributed by atoms with Crippen LogP contribution in [0.1, 0.15) is 44.1 Å². The molecule has 6 heteroatoms. The third kappa shape index (κ3) is 3.74. The summed E-state index contributed by atoms with van der Waals surface area (Å²) < 4.78 is 5.86. The van der Waals surface area contributed by atoms with Crippen LogP contribution in [-0.2, 0) is 4.79 Å². The zero-order valence-corrected chi connectivity index (χ0v) is 15.3. The highest BCUT2D eigenvalue weighted by atomic mass is 16.4. The van der Waals surface area contributed by atoms with Gasteiger partial charge in [0.1, 0.15) is 0 Å². The molecule has 1 saturated heterocycles. The maximum absolute atomic E-state index is 12.4. The molecule has 138 valence electrons. The lowest BCUT2D eigenvalue weighted by atomic mass is 9.95. The first-order valence-corrected chi connectivity index (χ1v) is 9.65. The predicted molar refractivity (Wildman–Crippen MR) is 99.8 cm³/mol. The lowest BCUT2D eigenvalue weighted by Gasteiger charge is -2.30. The van der Waals surface area contributed by atoms with Crippen molar-refractivity contribution in [1.29, 1.82) is 0 Å². The third-order valence-electron chi connectivity index (χ3n) is 5.55. The molecule has 1 N–H and O–H groups in total. The molecular weight excluding hydrogens is 328 g/mol. The van der Waals surface area contributed by atoms with Gasteiger partial charge in [0.05, 0.1) is 0 Å². The molecule has 0 radical (unpaired) electrons. The summed E-state index contributed by atoms with van der Waals surface area (Å²) in [6.45, 7) is 3.60. The van der Waals surface area contributed by atoms with Crippen molar-refractivity contribution in [2.75, 3.05) is 18.0 Å². The van der Waals surface area contributed by atoms with E-state index in [9.17, 15) is 4.79 Å². The first-order valence-electron chi connectivity index (χ1n) is 9.65. The second kappa shape index (κ2) is 7.48. The number of carbonyl (C=O) groups is 1. The molecule has 6 nitrogen and oxygen atoms in total. The highest BCUT2D eigenvalue weighted by Crippen LogP contribution is 2.27. The predicted octanol–water partition coefficient (Wildman–Crippen LogP) is 3.32. The highest BCUT2D eigenvalue weighted by molar-refractivity contribution is 5.79. The van der Waals surface area contributed by atoms with Crippen LogP contribution in [0.4, 0.5) is 6.01 Å². The maximum Gasteiger partial charge on any atom is 0.318 e. The number of benzene rings is 1. The van der Waals surface area contributed by atoms with Gasteiger partial charge in [-0.15, -0.1) is 5.10 Å². The Hall–Kier alpha value is -2.37. The minimum absolute atomic E-state index is 0.103. The molecule has 0 bridgehead atoms. The van der Waals surface area contributed by atoms with E-state index in [2.05, 4.69) is 27.3 Å². The zero-order chi connectivity index (χ0) is 17.9. The largest absolute Gasteiger partial charge is 0.403 e. The van der Waals surface area contributed by atoms with Crippen LogP contribution in [0.25, 0.3) is 11.5 Å². The molecule has 1 aromatic heterocycles. The van der Waals surface area contributed by atoms with Crippen LogP contribution >= 0.6 is 0 Å². The Bertz CT molecular complexity index is 741. The van der Waals surface area contributed by atoms with Crippen LogP contribution in [0.15, 0.2) is 28.7 Å². The van der Waals surface area contributed by atoms with Crippen LogP contribution in [0.3, 0.4) is 0 Å². The Labute approximate surface area is 154 Å². The van der Waals surface area contributed by atoms with Gasteiger partial charge in [-0.05, 0) is 44.7 Å². The van der Waals surface area contributed by atoms with Gasteiger partial charge in [0.25, 0.3) is 0 Å². The maximum atomic E-state index is 12.4. The lowest BCUT2D eigenvalue weighted by Crippen LogP contribution is -2.43. The molecule has 1 aliphatic heterocycles. The molecule has 2 heterocycles. The number of nitrogens with zero attached hydrogens (tertiary/aromatic N) is 3. The van der Waals surface area contributed by atoms with Gasteiger partial charge in [-0.1, -0.05) is 35.6 Å². The smallest absolute Gasteiger partial charge is 0.318 e. The molecule has 0 unspecified atom stereocenters. The first-order chi connectivity index (χ1) is 12.7. The van der Waals surface area contributed by atoms with Crippen molar-refractivity contribution in [3.05, 3.63) is 29.8 Å². The monoisotopic (exact) mass is 354 g/mol. The van der Waals surface area contributed by atoms with Gasteiger partial charge in [-0.3, -0.25) is 4.79 Å². The summed E-state index contributed by atoms with van der Waals surface area (Å²) in [6, 6.07) is 9.00. The second-order valence-electron chi connectivity index (χ2n) is 7.51. The number of rotatable bonds is 4.